The fraction of sp³-hybridized carbons (Fsp3) is 0.348. The molecular formula is C23H26BrN5O4S2. The Morgan fingerprint density at radius 3 is 2.86 bits per heavy atom. The lowest BCUT2D eigenvalue weighted by Gasteiger charge is -2.24. The zero-order valence-corrected chi connectivity index (χ0v) is 22.2. The molecular weight excluding hydrogens is 554 g/mol. The molecule has 0 saturated heterocycles. The maximum absolute atomic E-state index is 13.4. The molecule has 2 heterocycles. The molecule has 5 N–H and O–H groups in total. The van der Waals surface area contributed by atoms with E-state index in [2.05, 4.69) is 31.2 Å². The van der Waals surface area contributed by atoms with Crippen molar-refractivity contribution in [2.45, 2.75) is 37.8 Å². The minimum absolute atomic E-state index is 0.0216. The van der Waals surface area contributed by atoms with E-state index in [1.807, 2.05) is 42.6 Å². The molecule has 186 valence electrons. The van der Waals surface area contributed by atoms with Gasteiger partial charge in [0.1, 0.15) is 12.1 Å². The first-order valence-electron chi connectivity index (χ1n) is 11.0. The Morgan fingerprint density at radius 2 is 2.11 bits per heavy atom. The van der Waals surface area contributed by atoms with E-state index >= 15 is 0 Å². The van der Waals surface area contributed by atoms with Gasteiger partial charge in [0.05, 0.1) is 22.6 Å². The van der Waals surface area contributed by atoms with Crippen molar-refractivity contribution in [1.29, 1.82) is 0 Å². The van der Waals surface area contributed by atoms with Gasteiger partial charge in [0, 0.05) is 16.7 Å². The molecule has 1 unspecified atom stereocenters. The number of ketones is 1. The van der Waals surface area contributed by atoms with Crippen molar-refractivity contribution in [1.82, 2.24) is 9.97 Å². The number of carbonyl (C=O) groups excluding carboxylic acids is 1. The zero-order chi connectivity index (χ0) is 25.2. The molecule has 4 rings (SSSR count). The Morgan fingerprint density at radius 1 is 1.31 bits per heavy atom. The average Bonchev–Trinajstić information content (AvgIpc) is 3.48. The van der Waals surface area contributed by atoms with Crippen LogP contribution in [0.1, 0.15) is 52.5 Å². The Kier molecular flexibility index (Phi) is 7.69. The molecule has 0 spiro atoms. The van der Waals surface area contributed by atoms with Crippen LogP contribution < -0.4 is 16.2 Å². The average molecular weight is 581 g/mol. The van der Waals surface area contributed by atoms with Crippen molar-refractivity contribution >= 4 is 49.2 Å². The fourth-order valence-electron chi connectivity index (χ4n) is 4.19. The molecule has 35 heavy (non-hydrogen) atoms. The van der Waals surface area contributed by atoms with Crippen LogP contribution in [0.2, 0.25) is 0 Å². The number of hydrogen-bond donors (Lipinski definition) is 3. The standard InChI is InChI=1S/C23H26BrN5O4S2/c1-23(25,15-3-2-4-17(24)8-15)16-9-20(34-12-16)21(30)19-10-27-13-28-22(19)29-18-6-5-14(7-18)11-33-35(26,31)32/h2-4,8-10,12-14,18H,5-7,11,25H2,1H3,(H2,26,31,32)(H,27,28,29)/t14-,18+,23?/m1/s1. The van der Waals surface area contributed by atoms with E-state index in [9.17, 15) is 13.2 Å². The lowest BCUT2D eigenvalue weighted by atomic mass is 9.87. The molecule has 1 aromatic carbocycles. The second-order valence-corrected chi connectivity index (χ2v) is 11.9. The van der Waals surface area contributed by atoms with E-state index in [1.165, 1.54) is 23.9 Å². The first kappa shape index (κ1) is 25.9. The summed E-state index contributed by atoms with van der Waals surface area (Å²) >= 11 is 4.81. The summed E-state index contributed by atoms with van der Waals surface area (Å²) in [6.07, 6.45) is 5.13. The second kappa shape index (κ2) is 10.4. The molecule has 1 aliphatic rings. The van der Waals surface area contributed by atoms with Gasteiger partial charge in [-0.15, -0.1) is 11.3 Å². The van der Waals surface area contributed by atoms with Crippen molar-refractivity contribution in [3.05, 3.63) is 74.3 Å². The van der Waals surface area contributed by atoms with E-state index in [1.54, 1.807) is 0 Å². The van der Waals surface area contributed by atoms with Crippen molar-refractivity contribution in [3.63, 3.8) is 0 Å². The fourth-order valence-corrected chi connectivity index (χ4v) is 5.95. The summed E-state index contributed by atoms with van der Waals surface area (Å²) in [6, 6.07) is 9.63. The lowest BCUT2D eigenvalue weighted by Crippen LogP contribution is -2.33. The smallest absolute Gasteiger partial charge is 0.333 e. The topological polar surface area (TPSA) is 150 Å². The number of rotatable bonds is 9. The van der Waals surface area contributed by atoms with Gasteiger partial charge in [-0.3, -0.25) is 8.98 Å². The Hall–Kier alpha value is -2.22. The molecule has 0 radical (unpaired) electrons. The summed E-state index contributed by atoms with van der Waals surface area (Å²) in [6.45, 7) is 1.96. The van der Waals surface area contributed by atoms with Gasteiger partial charge >= 0.3 is 10.3 Å². The van der Waals surface area contributed by atoms with Crippen LogP contribution in [0.4, 0.5) is 5.82 Å². The number of thiophene rings is 1. The molecule has 0 amide bonds. The normalized spacial score (nSPS) is 19.9. The predicted molar refractivity (Wildman–Crippen MR) is 138 cm³/mol. The molecule has 1 aliphatic carbocycles. The number of nitrogens with one attached hydrogen (secondary N) is 1. The molecule has 1 fully saturated rings. The van der Waals surface area contributed by atoms with Gasteiger partial charge in [-0.05, 0) is 66.8 Å². The maximum Gasteiger partial charge on any atom is 0.333 e. The van der Waals surface area contributed by atoms with E-state index < -0.39 is 15.8 Å². The summed E-state index contributed by atoms with van der Waals surface area (Å²) in [5, 5.41) is 10.1. The van der Waals surface area contributed by atoms with Crippen molar-refractivity contribution in [2.75, 3.05) is 11.9 Å². The van der Waals surface area contributed by atoms with Gasteiger partial charge in [-0.25, -0.2) is 15.1 Å². The van der Waals surface area contributed by atoms with Crippen LogP contribution in [0, 0.1) is 5.92 Å². The highest BCUT2D eigenvalue weighted by atomic mass is 79.9. The summed E-state index contributed by atoms with van der Waals surface area (Å²) in [5.41, 5.74) is 8.02. The highest BCUT2D eigenvalue weighted by molar-refractivity contribution is 9.10. The number of nitrogens with zero attached hydrogens (tertiary/aromatic N) is 2. The largest absolute Gasteiger partial charge is 0.367 e. The molecule has 1 saturated carbocycles. The second-order valence-electron chi connectivity index (χ2n) is 8.82. The summed E-state index contributed by atoms with van der Waals surface area (Å²) in [5.74, 6) is 0.300. The van der Waals surface area contributed by atoms with E-state index in [0.29, 0.717) is 22.7 Å². The third-order valence-electron chi connectivity index (χ3n) is 6.15. The quantitative estimate of drug-likeness (QED) is 0.325. The van der Waals surface area contributed by atoms with E-state index in [4.69, 9.17) is 15.1 Å². The van der Waals surface area contributed by atoms with Crippen LogP contribution in [0.25, 0.3) is 0 Å². The van der Waals surface area contributed by atoms with E-state index in [-0.39, 0.29) is 24.3 Å². The molecule has 3 atom stereocenters. The number of nitrogens with two attached hydrogens (primary N) is 2. The van der Waals surface area contributed by atoms with Gasteiger partial charge in [0.25, 0.3) is 0 Å². The number of aromatic nitrogens is 2. The summed E-state index contributed by atoms with van der Waals surface area (Å²) < 4.78 is 27.8. The van der Waals surface area contributed by atoms with Crippen LogP contribution in [0.15, 0.2) is 52.7 Å². The van der Waals surface area contributed by atoms with Crippen LogP contribution in [0.3, 0.4) is 0 Å². The van der Waals surface area contributed by atoms with Crippen LogP contribution in [-0.4, -0.2) is 36.8 Å². The highest BCUT2D eigenvalue weighted by Crippen LogP contribution is 2.33. The number of hydrogen-bond acceptors (Lipinski definition) is 9. The number of benzene rings is 1. The van der Waals surface area contributed by atoms with Crippen LogP contribution in [0.5, 0.6) is 0 Å². The van der Waals surface area contributed by atoms with Crippen molar-refractivity contribution < 1.29 is 17.4 Å². The molecule has 3 aromatic rings. The van der Waals surface area contributed by atoms with Gasteiger partial charge in [-0.2, -0.15) is 8.42 Å². The summed E-state index contributed by atoms with van der Waals surface area (Å²) in [4.78, 5) is 22.3. The number of carbonyl (C=O) groups is 1. The highest BCUT2D eigenvalue weighted by Gasteiger charge is 2.29. The van der Waals surface area contributed by atoms with Crippen molar-refractivity contribution in [2.24, 2.45) is 16.8 Å². The van der Waals surface area contributed by atoms with E-state index in [0.717, 1.165) is 28.4 Å². The van der Waals surface area contributed by atoms with Gasteiger partial charge in [-0.1, -0.05) is 28.1 Å². The number of anilines is 1. The third-order valence-corrected chi connectivity index (χ3v) is 8.04. The number of halogens is 1. The van der Waals surface area contributed by atoms with Crippen LogP contribution >= 0.6 is 27.3 Å². The SMILES string of the molecule is CC(N)(c1cccc(Br)c1)c1csc(C(=O)c2cncnc2N[C@H]2CC[C@@H](COS(N)(=O)=O)C2)c1. The van der Waals surface area contributed by atoms with Gasteiger partial charge in [0.15, 0.2) is 0 Å². The minimum atomic E-state index is -3.96. The summed E-state index contributed by atoms with van der Waals surface area (Å²) in [7, 11) is -3.96. The van der Waals surface area contributed by atoms with Crippen molar-refractivity contribution in [3.8, 4) is 0 Å². The first-order valence-corrected chi connectivity index (χ1v) is 14.1. The maximum atomic E-state index is 13.4. The monoisotopic (exact) mass is 579 g/mol. The Bertz CT molecular complexity index is 1330. The molecule has 9 nitrogen and oxygen atoms in total. The molecule has 2 aromatic heterocycles. The minimum Gasteiger partial charge on any atom is -0.367 e. The lowest BCUT2D eigenvalue weighted by molar-refractivity contribution is 0.104. The Labute approximate surface area is 216 Å². The van der Waals surface area contributed by atoms with Crippen LogP contribution in [-0.2, 0) is 20.0 Å². The Balaban J connectivity index is 1.49. The molecule has 0 aliphatic heterocycles. The van der Waals surface area contributed by atoms with Gasteiger partial charge < -0.3 is 11.1 Å². The van der Waals surface area contributed by atoms with Gasteiger partial charge in [0.2, 0.25) is 5.78 Å². The predicted octanol–water partition coefficient (Wildman–Crippen LogP) is 3.55. The third kappa shape index (κ3) is 6.32. The molecule has 12 heteroatoms. The zero-order valence-electron chi connectivity index (χ0n) is 19.0. The first-order chi connectivity index (χ1) is 16.5. The molecule has 0 bridgehead atoms.